The molecule has 2 aromatic carbocycles. The first-order valence-electron chi connectivity index (χ1n) is 6.73. The van der Waals surface area contributed by atoms with Gasteiger partial charge in [0.25, 0.3) is 0 Å². The number of benzene rings is 2. The van der Waals surface area contributed by atoms with Crippen molar-refractivity contribution >= 4 is 21.7 Å². The van der Waals surface area contributed by atoms with Gasteiger partial charge in [0.05, 0.1) is 12.2 Å². The van der Waals surface area contributed by atoms with E-state index in [0.717, 1.165) is 39.8 Å². The van der Waals surface area contributed by atoms with Gasteiger partial charge in [-0.1, -0.05) is 40.2 Å². The second-order valence-electron chi connectivity index (χ2n) is 4.99. The molecule has 0 N–H and O–H groups in total. The Balaban J connectivity index is 2.09. The minimum atomic E-state index is 0.0301. The van der Waals surface area contributed by atoms with Gasteiger partial charge in [0.1, 0.15) is 5.75 Å². The van der Waals surface area contributed by atoms with Crippen molar-refractivity contribution in [3.05, 3.63) is 63.1 Å². The highest BCUT2D eigenvalue weighted by Gasteiger charge is 2.21. The normalized spacial score (nSPS) is 13.5. The Kier molecular flexibility index (Phi) is 3.62. The first kappa shape index (κ1) is 13.4. The Morgan fingerprint density at radius 1 is 1.15 bits per heavy atom. The van der Waals surface area contributed by atoms with Gasteiger partial charge in [-0.15, -0.1) is 0 Å². The van der Waals surface area contributed by atoms with E-state index >= 15 is 0 Å². The lowest BCUT2D eigenvalue weighted by atomic mass is 9.95. The molecule has 0 atom stereocenters. The number of halogens is 1. The number of ketones is 1. The van der Waals surface area contributed by atoms with Crippen LogP contribution < -0.4 is 4.74 Å². The Morgan fingerprint density at radius 3 is 2.75 bits per heavy atom. The lowest BCUT2D eigenvalue weighted by Crippen LogP contribution is -2.14. The number of para-hydroxylation sites is 1. The average molecular weight is 331 g/mol. The van der Waals surface area contributed by atoms with Crippen LogP contribution in [-0.4, -0.2) is 12.4 Å². The molecule has 2 nitrogen and oxygen atoms in total. The molecular weight excluding hydrogens is 316 g/mol. The number of hydrogen-bond donors (Lipinski definition) is 0. The van der Waals surface area contributed by atoms with Gasteiger partial charge < -0.3 is 4.74 Å². The van der Waals surface area contributed by atoms with Crippen LogP contribution >= 0.6 is 15.9 Å². The van der Waals surface area contributed by atoms with E-state index in [4.69, 9.17) is 4.74 Å². The number of ether oxygens (including phenoxy) is 1. The fraction of sp³-hybridized carbons (Fsp3) is 0.235. The summed E-state index contributed by atoms with van der Waals surface area (Å²) in [5.41, 5.74) is 3.49. The number of hydrogen-bond acceptors (Lipinski definition) is 2. The molecule has 1 heterocycles. The van der Waals surface area contributed by atoms with E-state index in [2.05, 4.69) is 15.9 Å². The van der Waals surface area contributed by atoms with Crippen LogP contribution in [0.5, 0.6) is 5.75 Å². The van der Waals surface area contributed by atoms with E-state index in [1.54, 1.807) is 0 Å². The first-order chi connectivity index (χ1) is 9.68. The molecule has 2 aromatic rings. The molecule has 1 aliphatic heterocycles. The molecule has 0 amide bonds. The molecule has 3 heteroatoms. The third-order valence-electron chi connectivity index (χ3n) is 3.69. The van der Waals surface area contributed by atoms with Gasteiger partial charge in [-0.05, 0) is 43.0 Å². The summed E-state index contributed by atoms with van der Waals surface area (Å²) in [4.78, 5) is 12.8. The highest BCUT2D eigenvalue weighted by molar-refractivity contribution is 9.10. The molecule has 0 radical (unpaired) electrons. The molecule has 3 rings (SSSR count). The quantitative estimate of drug-likeness (QED) is 0.767. The first-order valence-corrected chi connectivity index (χ1v) is 7.52. The molecule has 0 saturated heterocycles. The van der Waals surface area contributed by atoms with Gasteiger partial charge in [-0.2, -0.15) is 0 Å². The number of carbonyl (C=O) groups excluding carboxylic acids is 1. The van der Waals surface area contributed by atoms with E-state index in [0.29, 0.717) is 12.2 Å². The molecular formula is C17H15BrO2. The highest BCUT2D eigenvalue weighted by Crippen LogP contribution is 2.31. The van der Waals surface area contributed by atoms with Crippen LogP contribution in [0.1, 0.15) is 33.5 Å². The van der Waals surface area contributed by atoms with Crippen molar-refractivity contribution in [2.45, 2.75) is 19.8 Å². The minimum absolute atomic E-state index is 0.0301. The summed E-state index contributed by atoms with van der Waals surface area (Å²) in [5, 5.41) is 0. The summed E-state index contributed by atoms with van der Waals surface area (Å²) in [5.74, 6) is 0.797. The highest BCUT2D eigenvalue weighted by atomic mass is 79.9. The number of rotatable bonds is 2. The summed E-state index contributed by atoms with van der Waals surface area (Å²) in [6, 6.07) is 11.5. The van der Waals surface area contributed by atoms with Crippen molar-refractivity contribution in [3.63, 3.8) is 0 Å². The third-order valence-corrected chi connectivity index (χ3v) is 4.55. The molecule has 20 heavy (non-hydrogen) atoms. The Morgan fingerprint density at radius 2 is 1.90 bits per heavy atom. The predicted molar refractivity (Wildman–Crippen MR) is 82.6 cm³/mol. The van der Waals surface area contributed by atoms with Gasteiger partial charge in [-0.25, -0.2) is 0 Å². The topological polar surface area (TPSA) is 26.3 Å². The molecule has 102 valence electrons. The summed E-state index contributed by atoms with van der Waals surface area (Å²) < 4.78 is 6.69. The summed E-state index contributed by atoms with van der Waals surface area (Å²) in [6.45, 7) is 2.64. The van der Waals surface area contributed by atoms with Crippen LogP contribution in [0.15, 0.2) is 40.9 Å². The van der Waals surface area contributed by atoms with Gasteiger partial charge in [0.15, 0.2) is 5.78 Å². The largest absolute Gasteiger partial charge is 0.493 e. The molecule has 0 saturated carbocycles. The zero-order valence-electron chi connectivity index (χ0n) is 11.3. The van der Waals surface area contributed by atoms with E-state index in [9.17, 15) is 4.79 Å². The average Bonchev–Trinajstić information content (AvgIpc) is 2.49. The molecule has 0 aliphatic carbocycles. The van der Waals surface area contributed by atoms with Crippen molar-refractivity contribution in [1.82, 2.24) is 0 Å². The van der Waals surface area contributed by atoms with Gasteiger partial charge in [-0.3, -0.25) is 4.79 Å². The van der Waals surface area contributed by atoms with Crippen molar-refractivity contribution in [2.24, 2.45) is 0 Å². The monoisotopic (exact) mass is 330 g/mol. The van der Waals surface area contributed by atoms with Gasteiger partial charge >= 0.3 is 0 Å². The molecule has 0 unspecified atom stereocenters. The third kappa shape index (κ3) is 2.27. The molecule has 0 bridgehead atoms. The SMILES string of the molecule is Cc1c(Br)cccc1C(=O)c1cccc2c1OCCC2. The van der Waals surface area contributed by atoms with E-state index in [-0.39, 0.29) is 5.78 Å². The smallest absolute Gasteiger partial charge is 0.197 e. The van der Waals surface area contributed by atoms with Gasteiger partial charge in [0, 0.05) is 10.0 Å². The zero-order valence-corrected chi connectivity index (χ0v) is 12.9. The van der Waals surface area contributed by atoms with Crippen molar-refractivity contribution in [1.29, 1.82) is 0 Å². The van der Waals surface area contributed by atoms with Gasteiger partial charge in [0.2, 0.25) is 0 Å². The second kappa shape index (κ2) is 5.41. The van der Waals surface area contributed by atoms with Crippen LogP contribution in [0.2, 0.25) is 0 Å². The van der Waals surface area contributed by atoms with Crippen LogP contribution in [0.25, 0.3) is 0 Å². The number of carbonyl (C=O) groups is 1. The lowest BCUT2D eigenvalue weighted by molar-refractivity contribution is 0.103. The Bertz CT molecular complexity index is 677. The predicted octanol–water partition coefficient (Wildman–Crippen LogP) is 4.31. The Hall–Kier alpha value is -1.61. The summed E-state index contributed by atoms with van der Waals surface area (Å²) >= 11 is 3.48. The molecule has 0 fully saturated rings. The maximum Gasteiger partial charge on any atom is 0.197 e. The van der Waals surface area contributed by atoms with Crippen LogP contribution in [0.4, 0.5) is 0 Å². The number of aryl methyl sites for hydroxylation is 1. The minimum Gasteiger partial charge on any atom is -0.493 e. The maximum atomic E-state index is 12.8. The maximum absolute atomic E-state index is 12.8. The lowest BCUT2D eigenvalue weighted by Gasteiger charge is -2.20. The standard InChI is InChI=1S/C17H15BrO2/c1-11-13(7-3-9-15(11)18)16(19)14-8-2-5-12-6-4-10-20-17(12)14/h2-3,5,7-9H,4,6,10H2,1H3. The zero-order chi connectivity index (χ0) is 14.1. The molecule has 1 aliphatic rings. The van der Waals surface area contributed by atoms with Crippen LogP contribution in [-0.2, 0) is 6.42 Å². The fourth-order valence-corrected chi connectivity index (χ4v) is 2.93. The van der Waals surface area contributed by atoms with Crippen molar-refractivity contribution < 1.29 is 9.53 Å². The fourth-order valence-electron chi connectivity index (χ4n) is 2.57. The summed E-state index contributed by atoms with van der Waals surface area (Å²) in [6.07, 6.45) is 1.99. The van der Waals surface area contributed by atoms with E-state index < -0.39 is 0 Å². The van der Waals surface area contributed by atoms with Crippen molar-refractivity contribution in [3.8, 4) is 5.75 Å². The van der Waals surface area contributed by atoms with E-state index in [1.807, 2.05) is 43.3 Å². The van der Waals surface area contributed by atoms with E-state index in [1.165, 1.54) is 0 Å². The van der Waals surface area contributed by atoms with Crippen LogP contribution in [0.3, 0.4) is 0 Å². The molecule has 0 aromatic heterocycles. The Labute approximate surface area is 126 Å². The van der Waals surface area contributed by atoms with Crippen molar-refractivity contribution in [2.75, 3.05) is 6.61 Å². The number of fused-ring (bicyclic) bond motifs is 1. The summed E-state index contributed by atoms with van der Waals surface area (Å²) in [7, 11) is 0. The van der Waals surface area contributed by atoms with Crippen LogP contribution in [0, 0.1) is 6.92 Å². The molecule has 0 spiro atoms. The second-order valence-corrected chi connectivity index (χ2v) is 5.84.